The minimum absolute atomic E-state index is 0.134. The van der Waals surface area contributed by atoms with Crippen LogP contribution in [0.1, 0.15) is 12.5 Å². The third kappa shape index (κ3) is 4.24. The Balaban J connectivity index is 2.04. The fourth-order valence-corrected chi connectivity index (χ4v) is 1.86. The molecule has 0 unspecified atom stereocenters. The van der Waals surface area contributed by atoms with Crippen LogP contribution in [0.15, 0.2) is 36.9 Å². The Hall–Kier alpha value is -2.50. The predicted molar refractivity (Wildman–Crippen MR) is 76.5 cm³/mol. The monoisotopic (exact) mass is 290 g/mol. The van der Waals surface area contributed by atoms with Crippen molar-refractivity contribution in [2.24, 2.45) is 0 Å². The smallest absolute Gasteiger partial charge is 0.344 e. The van der Waals surface area contributed by atoms with Gasteiger partial charge in [-0.15, -0.1) is 0 Å². The Kier molecular flexibility index (Phi) is 5.20. The van der Waals surface area contributed by atoms with E-state index < -0.39 is 5.97 Å². The molecule has 2 rings (SSSR count). The van der Waals surface area contributed by atoms with Crippen molar-refractivity contribution in [3.05, 3.63) is 42.5 Å². The van der Waals surface area contributed by atoms with Crippen LogP contribution in [0.5, 0.6) is 11.5 Å². The maximum absolute atomic E-state index is 11.3. The number of hydrogen-bond donors (Lipinski definition) is 0. The van der Waals surface area contributed by atoms with Crippen molar-refractivity contribution in [2.45, 2.75) is 13.5 Å². The molecule has 2 aromatic rings. The third-order valence-electron chi connectivity index (χ3n) is 2.80. The first-order chi connectivity index (χ1) is 10.2. The fourth-order valence-electron chi connectivity index (χ4n) is 1.86. The van der Waals surface area contributed by atoms with E-state index in [1.807, 2.05) is 22.9 Å². The number of hydrogen-bond acceptors (Lipinski definition) is 5. The van der Waals surface area contributed by atoms with Gasteiger partial charge in [-0.3, -0.25) is 0 Å². The third-order valence-corrected chi connectivity index (χ3v) is 2.80. The molecule has 6 heteroatoms. The van der Waals surface area contributed by atoms with Gasteiger partial charge in [-0.05, 0) is 24.6 Å². The van der Waals surface area contributed by atoms with Gasteiger partial charge in [-0.25, -0.2) is 9.78 Å². The molecule has 0 aliphatic carbocycles. The molecule has 1 heterocycles. The molecule has 0 atom stereocenters. The summed E-state index contributed by atoms with van der Waals surface area (Å²) in [6, 6.07) is 5.58. The molecule has 1 aromatic heterocycles. The quantitative estimate of drug-likeness (QED) is 0.729. The first kappa shape index (κ1) is 14.9. The van der Waals surface area contributed by atoms with Crippen LogP contribution in [0.3, 0.4) is 0 Å². The molecule has 0 saturated heterocycles. The highest BCUT2D eigenvalue weighted by atomic mass is 16.6. The van der Waals surface area contributed by atoms with Crippen molar-refractivity contribution in [3.8, 4) is 11.5 Å². The van der Waals surface area contributed by atoms with Gasteiger partial charge in [0.05, 0.1) is 20.0 Å². The van der Waals surface area contributed by atoms with E-state index in [9.17, 15) is 4.79 Å². The minimum atomic E-state index is -0.401. The van der Waals surface area contributed by atoms with Crippen LogP contribution in [0.25, 0.3) is 0 Å². The number of carbonyl (C=O) groups excluding carboxylic acids is 1. The summed E-state index contributed by atoms with van der Waals surface area (Å²) in [5.74, 6) is 0.693. The van der Waals surface area contributed by atoms with Gasteiger partial charge < -0.3 is 18.8 Å². The molecular formula is C15H18N2O4. The second kappa shape index (κ2) is 7.33. The average Bonchev–Trinajstić information content (AvgIpc) is 2.99. The standard InChI is InChI=1S/C15H18N2O4/c1-3-20-15(18)10-21-13-5-4-12(8-14(13)19-2)9-17-7-6-16-11-17/h4-8,11H,3,9-10H2,1-2H3. The summed E-state index contributed by atoms with van der Waals surface area (Å²) in [6.45, 7) is 2.64. The molecule has 112 valence electrons. The van der Waals surface area contributed by atoms with Crippen LogP contribution in [-0.4, -0.2) is 35.8 Å². The van der Waals surface area contributed by atoms with Crippen molar-refractivity contribution in [1.29, 1.82) is 0 Å². The predicted octanol–water partition coefficient (Wildman–Crippen LogP) is 1.88. The molecule has 0 N–H and O–H groups in total. The van der Waals surface area contributed by atoms with Gasteiger partial charge >= 0.3 is 5.97 Å². The van der Waals surface area contributed by atoms with Crippen LogP contribution in [0.2, 0.25) is 0 Å². The summed E-state index contributed by atoms with van der Waals surface area (Å²) < 4.78 is 17.5. The topological polar surface area (TPSA) is 62.6 Å². The van der Waals surface area contributed by atoms with Gasteiger partial charge in [0, 0.05) is 18.9 Å². The molecule has 0 radical (unpaired) electrons. The number of benzene rings is 1. The summed E-state index contributed by atoms with van der Waals surface area (Å²) in [7, 11) is 1.56. The molecular weight excluding hydrogens is 272 g/mol. The van der Waals surface area contributed by atoms with Gasteiger partial charge in [-0.1, -0.05) is 6.07 Å². The highest BCUT2D eigenvalue weighted by Gasteiger charge is 2.09. The summed E-state index contributed by atoms with van der Waals surface area (Å²) >= 11 is 0. The van der Waals surface area contributed by atoms with Gasteiger partial charge in [0.1, 0.15) is 0 Å². The molecule has 0 spiro atoms. The van der Waals surface area contributed by atoms with E-state index >= 15 is 0 Å². The largest absolute Gasteiger partial charge is 0.493 e. The first-order valence-electron chi connectivity index (χ1n) is 6.64. The van der Waals surface area contributed by atoms with Gasteiger partial charge in [0.2, 0.25) is 0 Å². The lowest BCUT2D eigenvalue weighted by molar-refractivity contribution is -0.145. The van der Waals surface area contributed by atoms with Gasteiger partial charge in [0.15, 0.2) is 18.1 Å². The van der Waals surface area contributed by atoms with Crippen LogP contribution in [-0.2, 0) is 16.1 Å². The summed E-state index contributed by atoms with van der Waals surface area (Å²) in [5, 5.41) is 0. The number of methoxy groups -OCH3 is 1. The normalized spacial score (nSPS) is 10.2. The second-order valence-corrected chi connectivity index (χ2v) is 4.31. The SMILES string of the molecule is CCOC(=O)COc1ccc(Cn2ccnc2)cc1OC. The lowest BCUT2D eigenvalue weighted by Gasteiger charge is -2.12. The van der Waals surface area contributed by atoms with Crippen LogP contribution in [0, 0.1) is 0 Å². The average molecular weight is 290 g/mol. The Morgan fingerprint density at radius 3 is 2.86 bits per heavy atom. The zero-order chi connectivity index (χ0) is 15.1. The lowest BCUT2D eigenvalue weighted by atomic mass is 10.2. The molecule has 6 nitrogen and oxygen atoms in total. The van der Waals surface area contributed by atoms with E-state index in [0.29, 0.717) is 24.7 Å². The number of esters is 1. The van der Waals surface area contributed by atoms with E-state index in [4.69, 9.17) is 14.2 Å². The molecule has 21 heavy (non-hydrogen) atoms. The van der Waals surface area contributed by atoms with Crippen molar-refractivity contribution in [1.82, 2.24) is 9.55 Å². The minimum Gasteiger partial charge on any atom is -0.493 e. The molecule has 0 amide bonds. The number of imidazole rings is 1. The Morgan fingerprint density at radius 2 is 2.19 bits per heavy atom. The van der Waals surface area contributed by atoms with E-state index in [-0.39, 0.29) is 6.61 Å². The van der Waals surface area contributed by atoms with E-state index in [1.165, 1.54) is 0 Å². The number of aromatic nitrogens is 2. The molecule has 0 saturated carbocycles. The molecule has 0 fully saturated rings. The zero-order valence-electron chi connectivity index (χ0n) is 12.1. The van der Waals surface area contributed by atoms with Crippen molar-refractivity contribution in [3.63, 3.8) is 0 Å². The van der Waals surface area contributed by atoms with Crippen LogP contribution in [0.4, 0.5) is 0 Å². The summed E-state index contributed by atoms with van der Waals surface area (Å²) in [4.78, 5) is 15.3. The molecule has 0 aliphatic heterocycles. The number of nitrogens with zero attached hydrogens (tertiary/aromatic N) is 2. The highest BCUT2D eigenvalue weighted by Crippen LogP contribution is 2.28. The first-order valence-corrected chi connectivity index (χ1v) is 6.64. The van der Waals surface area contributed by atoms with E-state index in [1.54, 1.807) is 32.6 Å². The maximum Gasteiger partial charge on any atom is 0.344 e. The molecule has 1 aromatic carbocycles. The highest BCUT2D eigenvalue weighted by molar-refractivity contribution is 5.71. The number of rotatable bonds is 7. The fraction of sp³-hybridized carbons (Fsp3) is 0.333. The van der Waals surface area contributed by atoms with E-state index in [2.05, 4.69) is 4.98 Å². The number of carbonyl (C=O) groups is 1. The molecule has 0 aliphatic rings. The van der Waals surface area contributed by atoms with Gasteiger partial charge in [-0.2, -0.15) is 0 Å². The van der Waals surface area contributed by atoms with Crippen LogP contribution >= 0.6 is 0 Å². The van der Waals surface area contributed by atoms with Crippen molar-refractivity contribution >= 4 is 5.97 Å². The Morgan fingerprint density at radius 1 is 1.33 bits per heavy atom. The zero-order valence-corrected chi connectivity index (χ0v) is 12.1. The lowest BCUT2D eigenvalue weighted by Crippen LogP contribution is -2.15. The number of ether oxygens (including phenoxy) is 3. The molecule has 0 bridgehead atoms. The Labute approximate surface area is 123 Å². The second-order valence-electron chi connectivity index (χ2n) is 4.31. The van der Waals surface area contributed by atoms with Crippen LogP contribution < -0.4 is 9.47 Å². The summed E-state index contributed by atoms with van der Waals surface area (Å²) in [6.07, 6.45) is 5.36. The maximum atomic E-state index is 11.3. The van der Waals surface area contributed by atoms with Crippen molar-refractivity contribution < 1.29 is 19.0 Å². The van der Waals surface area contributed by atoms with Gasteiger partial charge in [0.25, 0.3) is 0 Å². The van der Waals surface area contributed by atoms with Crippen molar-refractivity contribution in [2.75, 3.05) is 20.3 Å². The Bertz CT molecular complexity index is 581. The van der Waals surface area contributed by atoms with E-state index in [0.717, 1.165) is 5.56 Å². The summed E-state index contributed by atoms with van der Waals surface area (Å²) in [5.41, 5.74) is 1.05.